The van der Waals surface area contributed by atoms with Crippen molar-refractivity contribution in [3.8, 4) is 11.5 Å². The van der Waals surface area contributed by atoms with Gasteiger partial charge in [-0.25, -0.2) is 0 Å². The Morgan fingerprint density at radius 3 is 2.08 bits per heavy atom. The van der Waals surface area contributed by atoms with Crippen molar-refractivity contribution in [2.45, 2.75) is 44.8 Å². The van der Waals surface area contributed by atoms with Crippen LogP contribution in [0.5, 0.6) is 11.5 Å². The zero-order valence-electron chi connectivity index (χ0n) is 14.7. The van der Waals surface area contributed by atoms with E-state index in [1.54, 1.807) is 12.1 Å². The molecule has 1 heterocycles. The van der Waals surface area contributed by atoms with Crippen LogP contribution in [0, 0.1) is 0 Å². The van der Waals surface area contributed by atoms with Crippen LogP contribution in [0.25, 0.3) is 0 Å². The molecule has 2 aromatic rings. The predicted molar refractivity (Wildman–Crippen MR) is 88.7 cm³/mol. The molecule has 3 nitrogen and oxygen atoms in total. The maximum atomic E-state index is 11.3. The van der Waals surface area contributed by atoms with Gasteiger partial charge in [-0.05, 0) is 36.1 Å². The Hall–Kier alpha value is -1.000. The number of benzene rings is 2. The Bertz CT molecular complexity index is 629. The molecular formula is C20H23NaO3. The van der Waals surface area contributed by atoms with Gasteiger partial charge in [-0.2, -0.15) is 0 Å². The molecule has 1 saturated heterocycles. The van der Waals surface area contributed by atoms with Crippen LogP contribution in [0.1, 0.15) is 44.2 Å². The molecule has 24 heavy (non-hydrogen) atoms. The fourth-order valence-corrected chi connectivity index (χ4v) is 2.94. The van der Waals surface area contributed by atoms with Crippen molar-refractivity contribution in [2.24, 2.45) is 0 Å². The Balaban J connectivity index is 0.00000208. The summed E-state index contributed by atoms with van der Waals surface area (Å²) in [5, 5.41) is 11.3. The summed E-state index contributed by atoms with van der Waals surface area (Å²) in [7, 11) is 0. The monoisotopic (exact) mass is 334 g/mol. The first-order valence-corrected chi connectivity index (χ1v) is 8.22. The predicted octanol–water partition coefficient (Wildman–Crippen LogP) is 0.995. The second-order valence-electron chi connectivity index (χ2n) is 6.59. The van der Waals surface area contributed by atoms with Crippen LogP contribution in [0.15, 0.2) is 48.5 Å². The van der Waals surface area contributed by atoms with Gasteiger partial charge in [-0.3, -0.25) is 0 Å². The van der Waals surface area contributed by atoms with E-state index in [4.69, 9.17) is 9.47 Å². The third-order valence-electron chi connectivity index (χ3n) is 4.56. The minimum Gasteiger partial charge on any atom is -0.872 e. The Kier molecular flexibility index (Phi) is 6.76. The summed E-state index contributed by atoms with van der Waals surface area (Å²) in [5.74, 6) is 0.882. The second-order valence-corrected chi connectivity index (χ2v) is 6.59. The van der Waals surface area contributed by atoms with Crippen molar-refractivity contribution in [1.82, 2.24) is 0 Å². The van der Waals surface area contributed by atoms with Crippen molar-refractivity contribution in [3.63, 3.8) is 0 Å². The maximum Gasteiger partial charge on any atom is 1.00 e. The molecule has 3 rings (SSSR count). The standard InChI is InChI=1S/C20H24O3.Na/c1-20(2,15-6-10-17(21)11-7-15)16-8-12-18(13-9-16)23-19-5-3-4-14-22-19;/h6-13,19,21H,3-5,14H2,1-2H3;/q;+1/p-1. The third-order valence-corrected chi connectivity index (χ3v) is 4.56. The molecule has 4 heteroatoms. The van der Waals surface area contributed by atoms with E-state index in [1.165, 1.54) is 5.56 Å². The normalized spacial score (nSPS) is 17.8. The van der Waals surface area contributed by atoms with Gasteiger partial charge in [0, 0.05) is 11.8 Å². The summed E-state index contributed by atoms with van der Waals surface area (Å²) < 4.78 is 11.5. The zero-order valence-corrected chi connectivity index (χ0v) is 16.7. The molecule has 0 N–H and O–H groups in total. The molecule has 1 atom stereocenters. The first-order chi connectivity index (χ1) is 11.1. The number of hydrogen-bond acceptors (Lipinski definition) is 3. The van der Waals surface area contributed by atoms with E-state index in [1.807, 2.05) is 24.3 Å². The van der Waals surface area contributed by atoms with E-state index >= 15 is 0 Å². The largest absolute Gasteiger partial charge is 1.00 e. The molecule has 0 bridgehead atoms. The maximum absolute atomic E-state index is 11.3. The van der Waals surface area contributed by atoms with Crippen LogP contribution in [0.3, 0.4) is 0 Å². The fraction of sp³-hybridized carbons (Fsp3) is 0.400. The van der Waals surface area contributed by atoms with E-state index in [0.717, 1.165) is 37.2 Å². The molecule has 1 aliphatic rings. The van der Waals surface area contributed by atoms with Gasteiger partial charge in [-0.1, -0.05) is 50.2 Å². The average molecular weight is 334 g/mol. The van der Waals surface area contributed by atoms with Crippen LogP contribution in [0.2, 0.25) is 0 Å². The summed E-state index contributed by atoms with van der Waals surface area (Å²) in [6.07, 6.45) is 3.11. The fourth-order valence-electron chi connectivity index (χ4n) is 2.94. The van der Waals surface area contributed by atoms with Gasteiger partial charge in [0.15, 0.2) is 6.29 Å². The summed E-state index contributed by atoms with van der Waals surface area (Å²) in [6, 6.07) is 15.2. The number of rotatable bonds is 4. The third kappa shape index (κ3) is 4.54. The molecule has 0 saturated carbocycles. The molecule has 122 valence electrons. The molecule has 2 aromatic carbocycles. The number of hydrogen-bond donors (Lipinski definition) is 0. The van der Waals surface area contributed by atoms with E-state index < -0.39 is 0 Å². The van der Waals surface area contributed by atoms with Crippen LogP contribution >= 0.6 is 0 Å². The van der Waals surface area contributed by atoms with E-state index in [-0.39, 0.29) is 47.0 Å². The van der Waals surface area contributed by atoms with E-state index in [0.29, 0.717) is 0 Å². The quantitative estimate of drug-likeness (QED) is 0.783. The van der Waals surface area contributed by atoms with Crippen molar-refractivity contribution >= 4 is 0 Å². The molecule has 0 aliphatic carbocycles. The zero-order chi connectivity index (χ0) is 16.3. The summed E-state index contributed by atoms with van der Waals surface area (Å²) in [6.45, 7) is 5.10. The first-order valence-electron chi connectivity index (χ1n) is 8.22. The van der Waals surface area contributed by atoms with Gasteiger partial charge in [0.05, 0.1) is 6.61 Å². The molecule has 1 unspecified atom stereocenters. The van der Waals surface area contributed by atoms with Crippen LogP contribution in [0.4, 0.5) is 0 Å². The van der Waals surface area contributed by atoms with Crippen LogP contribution in [-0.4, -0.2) is 12.9 Å². The van der Waals surface area contributed by atoms with Crippen molar-refractivity contribution in [1.29, 1.82) is 0 Å². The SMILES string of the molecule is CC(C)(c1ccc([O-])cc1)c1ccc(OC2CCCCO2)cc1.[Na+]. The summed E-state index contributed by atoms with van der Waals surface area (Å²) >= 11 is 0. The van der Waals surface area contributed by atoms with Gasteiger partial charge >= 0.3 is 29.6 Å². The van der Waals surface area contributed by atoms with Gasteiger partial charge in [0.2, 0.25) is 0 Å². The molecule has 0 spiro atoms. The molecule has 0 amide bonds. The minimum atomic E-state index is -0.159. The first kappa shape index (κ1) is 19.3. The number of ether oxygens (including phenoxy) is 2. The summed E-state index contributed by atoms with van der Waals surface area (Å²) in [5.41, 5.74) is 2.16. The Labute approximate surface area is 166 Å². The smallest absolute Gasteiger partial charge is 0.872 e. The molecular weight excluding hydrogens is 311 g/mol. The van der Waals surface area contributed by atoms with Gasteiger partial charge in [0.25, 0.3) is 0 Å². The molecule has 0 radical (unpaired) electrons. The van der Waals surface area contributed by atoms with Crippen LogP contribution in [-0.2, 0) is 10.2 Å². The topological polar surface area (TPSA) is 41.5 Å². The minimum absolute atomic E-state index is 0. The van der Waals surface area contributed by atoms with Gasteiger partial charge in [0.1, 0.15) is 5.75 Å². The van der Waals surface area contributed by atoms with Gasteiger partial charge in [-0.15, -0.1) is 5.75 Å². The molecule has 1 aliphatic heterocycles. The van der Waals surface area contributed by atoms with Crippen molar-refractivity contribution in [2.75, 3.05) is 6.61 Å². The van der Waals surface area contributed by atoms with Crippen LogP contribution < -0.4 is 39.4 Å². The molecule has 0 aromatic heterocycles. The average Bonchev–Trinajstić information content (AvgIpc) is 2.57. The Morgan fingerprint density at radius 2 is 1.54 bits per heavy atom. The van der Waals surface area contributed by atoms with Crippen molar-refractivity contribution < 1.29 is 44.1 Å². The van der Waals surface area contributed by atoms with Crippen molar-refractivity contribution in [3.05, 3.63) is 59.7 Å². The van der Waals surface area contributed by atoms with Gasteiger partial charge < -0.3 is 14.6 Å². The summed E-state index contributed by atoms with van der Waals surface area (Å²) in [4.78, 5) is 0. The molecule has 1 fully saturated rings. The van der Waals surface area contributed by atoms with E-state index in [2.05, 4.69) is 26.0 Å². The Morgan fingerprint density at radius 1 is 0.958 bits per heavy atom. The second kappa shape index (κ2) is 8.39. The van der Waals surface area contributed by atoms with E-state index in [9.17, 15) is 5.11 Å².